The van der Waals surface area contributed by atoms with Crippen molar-refractivity contribution in [2.24, 2.45) is 17.4 Å². The first kappa shape index (κ1) is 30.4. The number of hydrazine groups is 2. The fourth-order valence-electron chi connectivity index (χ4n) is 1.60. The maximum absolute atomic E-state index is 8.68. The number of hydrogen-bond donors (Lipinski definition) is 4. The van der Waals surface area contributed by atoms with Gasteiger partial charge in [0.15, 0.2) is 0 Å². The molecule has 0 heterocycles. The summed E-state index contributed by atoms with van der Waals surface area (Å²) in [5.74, 6) is 11.7. The smallest absolute Gasteiger partial charge is 0.215 e. The summed E-state index contributed by atoms with van der Waals surface area (Å²) < 4.78 is 10.7. The van der Waals surface area contributed by atoms with Crippen molar-refractivity contribution in [3.8, 4) is 5.75 Å². The number of allylic oxidation sites excluding steroid dienone is 4. The molecular formula is C21H40N5O3P. The molecule has 1 rings (SSSR count). The molecule has 1 aromatic carbocycles. The van der Waals surface area contributed by atoms with Gasteiger partial charge in [0, 0.05) is 27.2 Å². The van der Waals surface area contributed by atoms with Crippen LogP contribution in [0.1, 0.15) is 19.8 Å². The van der Waals surface area contributed by atoms with Gasteiger partial charge in [-0.2, -0.15) is 0 Å². The van der Waals surface area contributed by atoms with E-state index in [1.54, 1.807) is 22.2 Å². The Hall–Kier alpha value is -1.77. The molecule has 0 spiro atoms. The molecule has 172 valence electrons. The molecule has 0 radical (unpaired) electrons. The molecule has 0 saturated heterocycles. The van der Waals surface area contributed by atoms with Crippen LogP contribution in [0.4, 0.5) is 0 Å². The lowest BCUT2D eigenvalue weighted by atomic mass is 10.3. The van der Waals surface area contributed by atoms with Crippen LogP contribution < -0.4 is 21.9 Å². The third-order valence-corrected chi connectivity index (χ3v) is 3.74. The quantitative estimate of drug-likeness (QED) is 0.0974. The molecule has 0 bridgehead atoms. The number of hydrogen-bond acceptors (Lipinski definition) is 8. The van der Waals surface area contributed by atoms with Gasteiger partial charge >= 0.3 is 0 Å². The number of benzene rings is 1. The second kappa shape index (κ2) is 23.5. The molecule has 0 fully saturated rings. The van der Waals surface area contributed by atoms with Gasteiger partial charge in [-0.15, -0.1) is 0 Å². The lowest BCUT2D eigenvalue weighted by Gasteiger charge is -2.09. The first-order valence-electron chi connectivity index (χ1n) is 9.72. The van der Waals surface area contributed by atoms with Gasteiger partial charge in [-0.1, -0.05) is 36.9 Å². The number of nitrogens with zero attached hydrogens (tertiary/aromatic N) is 2. The molecule has 1 unspecified atom stereocenters. The summed E-state index contributed by atoms with van der Waals surface area (Å²) >= 11 is 0. The van der Waals surface area contributed by atoms with E-state index >= 15 is 0 Å². The SMILES string of the molecule is C=C/C(O)=C\C=C/C.CN(N)CCCN.CN(N)CCCOPOc1ccccc1. The fourth-order valence-corrected chi connectivity index (χ4v) is 2.12. The summed E-state index contributed by atoms with van der Waals surface area (Å²) in [5.41, 5.74) is 5.19. The van der Waals surface area contributed by atoms with Crippen molar-refractivity contribution in [1.82, 2.24) is 10.0 Å². The van der Waals surface area contributed by atoms with E-state index in [9.17, 15) is 0 Å². The first-order valence-corrected chi connectivity index (χ1v) is 10.5. The Morgan fingerprint density at radius 3 is 2.20 bits per heavy atom. The Balaban J connectivity index is 0. The van der Waals surface area contributed by atoms with Crippen molar-refractivity contribution >= 4 is 9.03 Å². The van der Waals surface area contributed by atoms with Gasteiger partial charge in [-0.25, -0.2) is 0 Å². The summed E-state index contributed by atoms with van der Waals surface area (Å²) in [6, 6.07) is 9.63. The van der Waals surface area contributed by atoms with Gasteiger partial charge in [0.25, 0.3) is 0 Å². The molecule has 0 aromatic heterocycles. The number of nitrogens with two attached hydrogens (primary N) is 3. The van der Waals surface area contributed by atoms with Crippen molar-refractivity contribution in [3.63, 3.8) is 0 Å². The topological polar surface area (TPSA) is 123 Å². The van der Waals surface area contributed by atoms with Crippen LogP contribution in [0.25, 0.3) is 0 Å². The van der Waals surface area contributed by atoms with Gasteiger partial charge in [0.2, 0.25) is 9.03 Å². The van der Waals surface area contributed by atoms with Crippen molar-refractivity contribution < 1.29 is 14.2 Å². The number of aliphatic hydroxyl groups excluding tert-OH is 1. The van der Waals surface area contributed by atoms with Crippen molar-refractivity contribution in [2.45, 2.75) is 19.8 Å². The molecule has 1 atom stereocenters. The Kier molecular flexibility index (Phi) is 23.8. The molecule has 0 aliphatic heterocycles. The van der Waals surface area contributed by atoms with E-state index in [2.05, 4.69) is 6.58 Å². The van der Waals surface area contributed by atoms with Gasteiger partial charge in [-0.3, -0.25) is 21.7 Å². The molecule has 30 heavy (non-hydrogen) atoms. The van der Waals surface area contributed by atoms with Gasteiger partial charge < -0.3 is 19.9 Å². The maximum Gasteiger partial charge on any atom is 0.215 e. The van der Waals surface area contributed by atoms with E-state index in [0.717, 1.165) is 38.2 Å². The number of aliphatic hydroxyl groups is 1. The van der Waals surface area contributed by atoms with Crippen LogP contribution >= 0.6 is 9.03 Å². The standard InChI is InChI=1S/C10H17N2O2P.C7H10O.C4H13N3/c1-12(11)8-5-9-13-15-14-10-6-3-2-4-7-10;1-3-5-6-7(8)4-2;1-7(6)4-2-3-5/h2-4,6-7,15H,5,8-9,11H2,1H3;3-6,8H,2H2,1H3;2-6H2,1H3/b;5-3-,7-6+;. The minimum Gasteiger partial charge on any atom is -0.508 e. The zero-order valence-electron chi connectivity index (χ0n) is 18.5. The predicted molar refractivity (Wildman–Crippen MR) is 129 cm³/mol. The Labute approximate surface area is 183 Å². The van der Waals surface area contributed by atoms with Crippen molar-refractivity contribution in [2.75, 3.05) is 40.3 Å². The highest BCUT2D eigenvalue weighted by atomic mass is 31.1. The summed E-state index contributed by atoms with van der Waals surface area (Å²) in [6.07, 6.45) is 8.44. The normalized spacial score (nSPS) is 11.4. The molecule has 0 aliphatic carbocycles. The fraction of sp³-hybridized carbons (Fsp3) is 0.429. The summed E-state index contributed by atoms with van der Waals surface area (Å²) in [7, 11) is 3.72. The summed E-state index contributed by atoms with van der Waals surface area (Å²) in [4.78, 5) is 0. The monoisotopic (exact) mass is 441 g/mol. The van der Waals surface area contributed by atoms with E-state index < -0.39 is 0 Å². The molecule has 0 aliphatic rings. The minimum atomic E-state index is 0.0537. The molecule has 1 aromatic rings. The lowest BCUT2D eigenvalue weighted by Crippen LogP contribution is -2.28. The Bertz CT molecular complexity index is 555. The second-order valence-electron chi connectivity index (χ2n) is 6.13. The highest BCUT2D eigenvalue weighted by molar-refractivity contribution is 7.26. The van der Waals surface area contributed by atoms with Crippen molar-refractivity contribution in [1.29, 1.82) is 0 Å². The largest absolute Gasteiger partial charge is 0.508 e. The maximum atomic E-state index is 8.68. The van der Waals surface area contributed by atoms with Crippen LogP contribution in [0.15, 0.2) is 67.0 Å². The van der Waals surface area contributed by atoms with E-state index in [4.69, 9.17) is 31.6 Å². The molecular weight excluding hydrogens is 401 g/mol. The van der Waals surface area contributed by atoms with E-state index in [-0.39, 0.29) is 14.8 Å². The van der Waals surface area contributed by atoms with Crippen LogP contribution in [-0.2, 0) is 4.52 Å². The first-order chi connectivity index (χ1) is 14.4. The minimum absolute atomic E-state index is 0.0537. The average molecular weight is 442 g/mol. The Morgan fingerprint density at radius 2 is 1.73 bits per heavy atom. The third kappa shape index (κ3) is 26.2. The summed E-state index contributed by atoms with van der Waals surface area (Å²) in [6.45, 7) is 8.35. The average Bonchev–Trinajstić information content (AvgIpc) is 2.74. The van der Waals surface area contributed by atoms with Crippen LogP contribution in [-0.4, -0.2) is 55.5 Å². The van der Waals surface area contributed by atoms with Gasteiger partial charge in [-0.05, 0) is 50.6 Å². The lowest BCUT2D eigenvalue weighted by molar-refractivity contribution is 0.274. The van der Waals surface area contributed by atoms with Crippen LogP contribution in [0, 0.1) is 0 Å². The zero-order chi connectivity index (χ0) is 23.0. The van der Waals surface area contributed by atoms with Crippen LogP contribution in [0.5, 0.6) is 5.75 Å². The van der Waals surface area contributed by atoms with Crippen LogP contribution in [0.2, 0.25) is 0 Å². The third-order valence-electron chi connectivity index (χ3n) is 3.10. The summed E-state index contributed by atoms with van der Waals surface area (Å²) in [5, 5.41) is 12.0. The predicted octanol–water partition coefficient (Wildman–Crippen LogP) is 3.12. The van der Waals surface area contributed by atoms with E-state index in [0.29, 0.717) is 6.61 Å². The molecule has 8 nitrogen and oxygen atoms in total. The highest BCUT2D eigenvalue weighted by Gasteiger charge is 1.94. The van der Waals surface area contributed by atoms with Gasteiger partial charge in [0.05, 0.1) is 6.61 Å². The Morgan fingerprint density at radius 1 is 1.13 bits per heavy atom. The molecule has 9 heteroatoms. The highest BCUT2D eigenvalue weighted by Crippen LogP contribution is 2.20. The molecule has 7 N–H and O–H groups in total. The van der Waals surface area contributed by atoms with E-state index in [1.807, 2.05) is 57.4 Å². The zero-order valence-corrected chi connectivity index (χ0v) is 19.5. The number of para-hydroxylation sites is 1. The molecule has 0 saturated carbocycles. The second-order valence-corrected chi connectivity index (χ2v) is 6.78. The van der Waals surface area contributed by atoms with Gasteiger partial charge in [0.1, 0.15) is 11.5 Å². The van der Waals surface area contributed by atoms with Crippen molar-refractivity contribution in [3.05, 3.63) is 67.0 Å². The molecule has 0 amide bonds. The van der Waals surface area contributed by atoms with Crippen LogP contribution in [0.3, 0.4) is 0 Å². The number of rotatable bonds is 12. The van der Waals surface area contributed by atoms with E-state index in [1.165, 1.54) is 6.08 Å².